The largest absolute Gasteiger partial charge is 0.493 e. The van der Waals surface area contributed by atoms with Crippen LogP contribution in [0.3, 0.4) is 0 Å². The number of ether oxygens (including phenoxy) is 1. The second-order valence-electron chi connectivity index (χ2n) is 4.09. The van der Waals surface area contributed by atoms with Crippen molar-refractivity contribution in [1.29, 1.82) is 0 Å². The van der Waals surface area contributed by atoms with Gasteiger partial charge in [-0.1, -0.05) is 28.1 Å². The van der Waals surface area contributed by atoms with Gasteiger partial charge >= 0.3 is 0 Å². The van der Waals surface area contributed by atoms with Crippen molar-refractivity contribution in [2.45, 2.75) is 12.5 Å². The van der Waals surface area contributed by atoms with Gasteiger partial charge in [0.15, 0.2) is 0 Å². The molecule has 2 N–H and O–H groups in total. The number of benzene rings is 2. The third kappa shape index (κ3) is 1.51. The average Bonchev–Trinajstić information content (AvgIpc) is 2.29. The normalized spacial score (nSPS) is 19.2. The Kier molecular flexibility index (Phi) is 2.37. The minimum Gasteiger partial charge on any atom is -0.493 e. The Morgan fingerprint density at radius 3 is 3.00 bits per heavy atom. The molecule has 0 amide bonds. The number of hydrogen-bond acceptors (Lipinski definition) is 2. The van der Waals surface area contributed by atoms with Crippen LogP contribution in [0.15, 0.2) is 34.8 Å². The summed E-state index contributed by atoms with van der Waals surface area (Å²) in [6.45, 7) is 0.718. The quantitative estimate of drug-likeness (QED) is 0.801. The molecule has 16 heavy (non-hydrogen) atoms. The monoisotopic (exact) mass is 277 g/mol. The first-order chi connectivity index (χ1) is 7.75. The molecule has 0 unspecified atom stereocenters. The Morgan fingerprint density at radius 1 is 1.25 bits per heavy atom. The maximum absolute atomic E-state index is 6.16. The molecule has 2 aromatic carbocycles. The van der Waals surface area contributed by atoms with Crippen molar-refractivity contribution < 1.29 is 4.74 Å². The zero-order valence-corrected chi connectivity index (χ0v) is 10.3. The van der Waals surface area contributed by atoms with Gasteiger partial charge in [-0.25, -0.2) is 0 Å². The minimum absolute atomic E-state index is 0.0913. The molecule has 2 aromatic rings. The summed E-state index contributed by atoms with van der Waals surface area (Å²) in [6, 6.07) is 10.4. The van der Waals surface area contributed by atoms with Gasteiger partial charge in [0.05, 0.1) is 6.61 Å². The van der Waals surface area contributed by atoms with E-state index in [1.54, 1.807) is 0 Å². The van der Waals surface area contributed by atoms with Gasteiger partial charge in [0.2, 0.25) is 0 Å². The van der Waals surface area contributed by atoms with Crippen LogP contribution in [0.2, 0.25) is 0 Å². The molecular weight excluding hydrogens is 266 g/mol. The molecule has 3 heteroatoms. The molecule has 0 spiro atoms. The van der Waals surface area contributed by atoms with Crippen LogP contribution in [0.25, 0.3) is 10.8 Å². The predicted octanol–water partition coefficient (Wildman–Crippen LogP) is 3.38. The summed E-state index contributed by atoms with van der Waals surface area (Å²) in [6.07, 6.45) is 0.891. The molecule has 0 bridgehead atoms. The smallest absolute Gasteiger partial charge is 0.124 e. The lowest BCUT2D eigenvalue weighted by atomic mass is 9.95. The van der Waals surface area contributed by atoms with Crippen molar-refractivity contribution in [3.63, 3.8) is 0 Å². The van der Waals surface area contributed by atoms with Gasteiger partial charge in [0.25, 0.3) is 0 Å². The van der Waals surface area contributed by atoms with Crippen molar-refractivity contribution in [1.82, 2.24) is 0 Å². The number of rotatable bonds is 0. The molecular formula is C13H12BrNO. The lowest BCUT2D eigenvalue weighted by Crippen LogP contribution is -2.20. The topological polar surface area (TPSA) is 35.2 Å². The van der Waals surface area contributed by atoms with Gasteiger partial charge in [-0.15, -0.1) is 0 Å². The molecule has 3 rings (SSSR count). The van der Waals surface area contributed by atoms with Gasteiger partial charge in [-0.2, -0.15) is 0 Å². The third-order valence-electron chi connectivity index (χ3n) is 3.04. The van der Waals surface area contributed by atoms with Crippen molar-refractivity contribution in [2.24, 2.45) is 5.73 Å². The number of hydrogen-bond donors (Lipinski definition) is 1. The molecule has 1 aliphatic heterocycles. The number of fused-ring (bicyclic) bond motifs is 3. The summed E-state index contributed by atoms with van der Waals surface area (Å²) in [5, 5.41) is 2.40. The summed E-state index contributed by atoms with van der Waals surface area (Å²) in [5.41, 5.74) is 7.31. The van der Waals surface area contributed by atoms with Crippen LogP contribution in [-0.2, 0) is 0 Å². The first kappa shape index (κ1) is 10.1. The van der Waals surface area contributed by atoms with Gasteiger partial charge in [0, 0.05) is 22.5 Å². The Morgan fingerprint density at radius 2 is 2.12 bits per heavy atom. The Labute approximate surface area is 103 Å². The molecule has 0 aromatic heterocycles. The van der Waals surface area contributed by atoms with E-state index in [0.29, 0.717) is 0 Å². The molecule has 0 saturated heterocycles. The van der Waals surface area contributed by atoms with E-state index >= 15 is 0 Å². The summed E-state index contributed by atoms with van der Waals surface area (Å²) < 4.78 is 6.73. The first-order valence-electron chi connectivity index (χ1n) is 5.36. The zero-order valence-electron chi connectivity index (χ0n) is 8.74. The summed E-state index contributed by atoms with van der Waals surface area (Å²) >= 11 is 3.48. The molecule has 0 radical (unpaired) electrons. The second kappa shape index (κ2) is 3.75. The predicted molar refractivity (Wildman–Crippen MR) is 68.7 cm³/mol. The lowest BCUT2D eigenvalue weighted by molar-refractivity contribution is 0.270. The fourth-order valence-electron chi connectivity index (χ4n) is 2.25. The van der Waals surface area contributed by atoms with E-state index in [4.69, 9.17) is 10.5 Å². The first-order valence-corrected chi connectivity index (χ1v) is 6.15. The molecule has 2 nitrogen and oxygen atoms in total. The molecule has 0 saturated carbocycles. The fraction of sp³-hybridized carbons (Fsp3) is 0.231. The van der Waals surface area contributed by atoms with Crippen LogP contribution >= 0.6 is 15.9 Å². The van der Waals surface area contributed by atoms with E-state index in [2.05, 4.69) is 34.1 Å². The number of halogens is 1. The Balaban J connectivity index is 2.33. The van der Waals surface area contributed by atoms with E-state index in [1.165, 1.54) is 10.8 Å². The maximum atomic E-state index is 6.16. The van der Waals surface area contributed by atoms with E-state index in [9.17, 15) is 0 Å². The molecule has 1 aliphatic rings. The van der Waals surface area contributed by atoms with Crippen molar-refractivity contribution in [2.75, 3.05) is 6.61 Å². The standard InChI is InChI=1S/C13H12BrNO/c14-9-2-3-10-8(7-9)1-4-12-13(10)11(15)5-6-16-12/h1-4,7,11H,5-6,15H2/t11-/m1/s1. The van der Waals surface area contributed by atoms with E-state index < -0.39 is 0 Å². The van der Waals surface area contributed by atoms with Gasteiger partial charge in [-0.05, 0) is 29.0 Å². The van der Waals surface area contributed by atoms with Crippen LogP contribution in [0.1, 0.15) is 18.0 Å². The van der Waals surface area contributed by atoms with Crippen molar-refractivity contribution in [3.05, 3.63) is 40.4 Å². The van der Waals surface area contributed by atoms with Crippen LogP contribution in [0, 0.1) is 0 Å². The Hall–Kier alpha value is -1.06. The highest BCUT2D eigenvalue weighted by atomic mass is 79.9. The van der Waals surface area contributed by atoms with Gasteiger partial charge < -0.3 is 10.5 Å². The zero-order chi connectivity index (χ0) is 11.1. The van der Waals surface area contributed by atoms with Crippen molar-refractivity contribution >= 4 is 26.7 Å². The van der Waals surface area contributed by atoms with E-state index in [0.717, 1.165) is 28.8 Å². The second-order valence-corrected chi connectivity index (χ2v) is 5.00. The fourth-order valence-corrected chi connectivity index (χ4v) is 2.63. The van der Waals surface area contributed by atoms with E-state index in [-0.39, 0.29) is 6.04 Å². The highest BCUT2D eigenvalue weighted by Crippen LogP contribution is 2.37. The SMILES string of the molecule is N[C@@H]1CCOc2ccc3cc(Br)ccc3c21. The molecule has 1 atom stereocenters. The summed E-state index contributed by atoms with van der Waals surface area (Å²) in [4.78, 5) is 0. The third-order valence-corrected chi connectivity index (χ3v) is 3.53. The van der Waals surface area contributed by atoms with Crippen LogP contribution < -0.4 is 10.5 Å². The molecule has 0 aliphatic carbocycles. The molecule has 82 valence electrons. The van der Waals surface area contributed by atoms with Gasteiger partial charge in [0.1, 0.15) is 5.75 Å². The van der Waals surface area contributed by atoms with Crippen LogP contribution in [-0.4, -0.2) is 6.61 Å². The minimum atomic E-state index is 0.0913. The van der Waals surface area contributed by atoms with E-state index in [1.807, 2.05) is 12.1 Å². The highest BCUT2D eigenvalue weighted by molar-refractivity contribution is 9.10. The lowest BCUT2D eigenvalue weighted by Gasteiger charge is -2.24. The summed E-state index contributed by atoms with van der Waals surface area (Å²) in [7, 11) is 0. The molecule has 0 fully saturated rings. The number of nitrogens with two attached hydrogens (primary N) is 1. The highest BCUT2D eigenvalue weighted by Gasteiger charge is 2.20. The van der Waals surface area contributed by atoms with Crippen LogP contribution in [0.4, 0.5) is 0 Å². The van der Waals surface area contributed by atoms with Gasteiger partial charge in [-0.3, -0.25) is 0 Å². The Bertz CT molecular complexity index is 553. The summed E-state index contributed by atoms with van der Waals surface area (Å²) in [5.74, 6) is 0.938. The van der Waals surface area contributed by atoms with Crippen molar-refractivity contribution in [3.8, 4) is 5.75 Å². The van der Waals surface area contributed by atoms with Crippen LogP contribution in [0.5, 0.6) is 5.75 Å². The molecule has 1 heterocycles. The maximum Gasteiger partial charge on any atom is 0.124 e. The average molecular weight is 278 g/mol.